The Bertz CT molecular complexity index is 309. The second-order valence-corrected chi connectivity index (χ2v) is 4.48. The van der Waals surface area contributed by atoms with Gasteiger partial charge in [-0.15, -0.1) is 0 Å². The fraction of sp³-hybridized carbons (Fsp3) is 0.500. The molecule has 0 radical (unpaired) electrons. The van der Waals surface area contributed by atoms with Crippen molar-refractivity contribution in [1.82, 2.24) is 0 Å². The SMILES string of the molecule is CCc1ccc(CC(=O)CC(C)C)cc1. The Morgan fingerprint density at radius 1 is 1.13 bits per heavy atom. The lowest BCUT2D eigenvalue weighted by Crippen LogP contribution is -2.06. The number of ketones is 1. The van der Waals surface area contributed by atoms with Crippen LogP contribution in [0, 0.1) is 5.92 Å². The zero-order valence-electron chi connectivity index (χ0n) is 9.92. The highest BCUT2D eigenvalue weighted by Gasteiger charge is 2.05. The molecule has 0 aliphatic rings. The van der Waals surface area contributed by atoms with Gasteiger partial charge < -0.3 is 0 Å². The van der Waals surface area contributed by atoms with E-state index in [0.717, 1.165) is 12.0 Å². The predicted octanol–water partition coefficient (Wildman–Crippen LogP) is 3.41. The summed E-state index contributed by atoms with van der Waals surface area (Å²) in [5.74, 6) is 0.807. The van der Waals surface area contributed by atoms with Gasteiger partial charge in [-0.25, -0.2) is 0 Å². The van der Waals surface area contributed by atoms with Crippen molar-refractivity contribution >= 4 is 5.78 Å². The quantitative estimate of drug-likeness (QED) is 0.718. The van der Waals surface area contributed by atoms with E-state index in [4.69, 9.17) is 0 Å². The van der Waals surface area contributed by atoms with Gasteiger partial charge in [0.1, 0.15) is 5.78 Å². The normalized spacial score (nSPS) is 10.7. The molecule has 0 fully saturated rings. The summed E-state index contributed by atoms with van der Waals surface area (Å²) in [5, 5.41) is 0. The van der Waals surface area contributed by atoms with Crippen LogP contribution in [-0.2, 0) is 17.6 Å². The largest absolute Gasteiger partial charge is 0.299 e. The monoisotopic (exact) mass is 204 g/mol. The average Bonchev–Trinajstić information content (AvgIpc) is 2.17. The lowest BCUT2D eigenvalue weighted by atomic mass is 10.0. The molecule has 1 heteroatoms. The molecule has 15 heavy (non-hydrogen) atoms. The molecule has 0 N–H and O–H groups in total. The highest BCUT2D eigenvalue weighted by atomic mass is 16.1. The second-order valence-electron chi connectivity index (χ2n) is 4.48. The maximum Gasteiger partial charge on any atom is 0.137 e. The van der Waals surface area contributed by atoms with Gasteiger partial charge in [-0.1, -0.05) is 45.0 Å². The van der Waals surface area contributed by atoms with Gasteiger partial charge in [-0.3, -0.25) is 4.79 Å². The maximum absolute atomic E-state index is 11.6. The van der Waals surface area contributed by atoms with Crippen LogP contribution in [0.25, 0.3) is 0 Å². The molecule has 1 aromatic carbocycles. The number of benzene rings is 1. The smallest absolute Gasteiger partial charge is 0.137 e. The summed E-state index contributed by atoms with van der Waals surface area (Å²) in [7, 11) is 0. The van der Waals surface area contributed by atoms with E-state index < -0.39 is 0 Å². The molecule has 0 spiro atoms. The van der Waals surface area contributed by atoms with Crippen molar-refractivity contribution < 1.29 is 4.79 Å². The molecule has 1 rings (SSSR count). The molecule has 0 aliphatic heterocycles. The van der Waals surface area contributed by atoms with E-state index in [0.29, 0.717) is 24.5 Å². The van der Waals surface area contributed by atoms with Crippen LogP contribution in [0.1, 0.15) is 38.3 Å². The van der Waals surface area contributed by atoms with Gasteiger partial charge in [0, 0.05) is 12.8 Å². The minimum absolute atomic E-state index is 0.342. The van der Waals surface area contributed by atoms with Gasteiger partial charge in [-0.2, -0.15) is 0 Å². The van der Waals surface area contributed by atoms with Crippen molar-refractivity contribution in [3.05, 3.63) is 35.4 Å². The van der Waals surface area contributed by atoms with Gasteiger partial charge in [0.15, 0.2) is 0 Å². The molecule has 0 aliphatic carbocycles. The summed E-state index contributed by atoms with van der Waals surface area (Å²) in [6.45, 7) is 6.30. The van der Waals surface area contributed by atoms with Crippen molar-refractivity contribution in [2.24, 2.45) is 5.92 Å². The van der Waals surface area contributed by atoms with E-state index >= 15 is 0 Å². The van der Waals surface area contributed by atoms with Gasteiger partial charge in [0.05, 0.1) is 0 Å². The molecule has 0 atom stereocenters. The fourth-order valence-corrected chi connectivity index (χ4v) is 1.65. The lowest BCUT2D eigenvalue weighted by Gasteiger charge is -2.04. The Morgan fingerprint density at radius 2 is 1.67 bits per heavy atom. The molecular weight excluding hydrogens is 184 g/mol. The predicted molar refractivity (Wildman–Crippen MR) is 64.0 cm³/mol. The summed E-state index contributed by atoms with van der Waals surface area (Å²) in [4.78, 5) is 11.6. The van der Waals surface area contributed by atoms with Crippen molar-refractivity contribution in [2.45, 2.75) is 40.0 Å². The van der Waals surface area contributed by atoms with Gasteiger partial charge in [0.2, 0.25) is 0 Å². The van der Waals surface area contributed by atoms with E-state index in [1.165, 1.54) is 5.56 Å². The molecule has 0 heterocycles. The third kappa shape index (κ3) is 4.28. The van der Waals surface area contributed by atoms with Crippen molar-refractivity contribution in [2.75, 3.05) is 0 Å². The Kier molecular flexibility index (Phi) is 4.54. The third-order valence-electron chi connectivity index (χ3n) is 2.47. The molecule has 0 amide bonds. The number of hydrogen-bond donors (Lipinski definition) is 0. The number of carbonyl (C=O) groups is 1. The number of carbonyl (C=O) groups excluding carboxylic acids is 1. The number of hydrogen-bond acceptors (Lipinski definition) is 1. The van der Waals surface area contributed by atoms with E-state index in [-0.39, 0.29) is 0 Å². The van der Waals surface area contributed by atoms with E-state index in [9.17, 15) is 4.79 Å². The minimum atomic E-state index is 0.342. The summed E-state index contributed by atoms with van der Waals surface area (Å²) < 4.78 is 0. The van der Waals surface area contributed by atoms with Gasteiger partial charge in [-0.05, 0) is 23.5 Å². The van der Waals surface area contributed by atoms with Crippen molar-refractivity contribution in [3.8, 4) is 0 Å². The van der Waals surface area contributed by atoms with Gasteiger partial charge >= 0.3 is 0 Å². The van der Waals surface area contributed by atoms with Crippen LogP contribution in [0.3, 0.4) is 0 Å². The first-order valence-electron chi connectivity index (χ1n) is 5.71. The third-order valence-corrected chi connectivity index (χ3v) is 2.47. The van der Waals surface area contributed by atoms with Crippen LogP contribution >= 0.6 is 0 Å². The molecule has 1 aromatic rings. The Balaban J connectivity index is 2.53. The van der Waals surface area contributed by atoms with E-state index in [2.05, 4.69) is 45.0 Å². The summed E-state index contributed by atoms with van der Waals surface area (Å²) in [6.07, 6.45) is 2.33. The highest BCUT2D eigenvalue weighted by molar-refractivity contribution is 5.81. The van der Waals surface area contributed by atoms with Crippen LogP contribution in [0.4, 0.5) is 0 Å². The van der Waals surface area contributed by atoms with Gasteiger partial charge in [0.25, 0.3) is 0 Å². The van der Waals surface area contributed by atoms with Crippen LogP contribution in [0.15, 0.2) is 24.3 Å². The molecular formula is C14H20O. The molecule has 0 unspecified atom stereocenters. The second kappa shape index (κ2) is 5.69. The Morgan fingerprint density at radius 3 is 2.13 bits per heavy atom. The number of aryl methyl sites for hydroxylation is 1. The zero-order valence-corrected chi connectivity index (χ0v) is 9.92. The molecule has 0 bridgehead atoms. The van der Waals surface area contributed by atoms with E-state index in [1.54, 1.807) is 0 Å². The molecule has 0 aromatic heterocycles. The first-order valence-corrected chi connectivity index (χ1v) is 5.71. The molecule has 0 saturated heterocycles. The fourth-order valence-electron chi connectivity index (χ4n) is 1.65. The molecule has 0 saturated carbocycles. The maximum atomic E-state index is 11.6. The Labute approximate surface area is 92.5 Å². The van der Waals surface area contributed by atoms with E-state index in [1.807, 2.05) is 0 Å². The molecule has 1 nitrogen and oxygen atoms in total. The first kappa shape index (κ1) is 12.0. The van der Waals surface area contributed by atoms with Crippen LogP contribution in [0.5, 0.6) is 0 Å². The van der Waals surface area contributed by atoms with Crippen LogP contribution in [0.2, 0.25) is 0 Å². The summed E-state index contributed by atoms with van der Waals surface area (Å²) in [5.41, 5.74) is 2.47. The lowest BCUT2D eigenvalue weighted by molar-refractivity contribution is -0.119. The minimum Gasteiger partial charge on any atom is -0.299 e. The number of rotatable bonds is 5. The number of Topliss-reactive ketones (excluding diaryl/α,β-unsaturated/α-hetero) is 1. The highest BCUT2D eigenvalue weighted by Crippen LogP contribution is 2.09. The topological polar surface area (TPSA) is 17.1 Å². The zero-order chi connectivity index (χ0) is 11.3. The first-order chi connectivity index (χ1) is 7.11. The van der Waals surface area contributed by atoms with Crippen LogP contribution < -0.4 is 0 Å². The summed E-state index contributed by atoms with van der Waals surface area (Å²) in [6, 6.07) is 8.35. The van der Waals surface area contributed by atoms with Crippen molar-refractivity contribution in [1.29, 1.82) is 0 Å². The van der Waals surface area contributed by atoms with Crippen LogP contribution in [-0.4, -0.2) is 5.78 Å². The van der Waals surface area contributed by atoms with Crippen molar-refractivity contribution in [3.63, 3.8) is 0 Å². The molecule has 82 valence electrons. The average molecular weight is 204 g/mol. The standard InChI is InChI=1S/C14H20O/c1-4-12-5-7-13(8-6-12)10-14(15)9-11(2)3/h5-8,11H,4,9-10H2,1-3H3. The summed E-state index contributed by atoms with van der Waals surface area (Å²) >= 11 is 0. The Hall–Kier alpha value is -1.11.